The minimum Gasteiger partial charge on any atom is -0.349 e. The van der Waals surface area contributed by atoms with Crippen molar-refractivity contribution in [3.05, 3.63) is 30.1 Å². The molecule has 4 nitrogen and oxygen atoms in total. The first kappa shape index (κ1) is 14.0. The first-order valence-corrected chi connectivity index (χ1v) is 6.68. The molecule has 0 aliphatic heterocycles. The Morgan fingerprint density at radius 2 is 2.29 bits per heavy atom. The number of amides is 1. The lowest BCUT2D eigenvalue weighted by Gasteiger charge is -2.23. The van der Waals surface area contributed by atoms with Crippen molar-refractivity contribution in [2.75, 3.05) is 12.3 Å². The van der Waals surface area contributed by atoms with Crippen LogP contribution in [0.5, 0.6) is 0 Å². The number of pyridine rings is 1. The van der Waals surface area contributed by atoms with Crippen molar-refractivity contribution in [3.8, 4) is 0 Å². The van der Waals surface area contributed by atoms with Crippen molar-refractivity contribution in [1.29, 1.82) is 0 Å². The molecule has 0 aliphatic carbocycles. The Hall–Kier alpha value is -1.07. The summed E-state index contributed by atoms with van der Waals surface area (Å²) >= 11 is 1.55. The molecule has 1 aromatic heterocycles. The normalized spacial score (nSPS) is 11.2. The van der Waals surface area contributed by atoms with Crippen molar-refractivity contribution in [1.82, 2.24) is 10.3 Å². The zero-order chi connectivity index (χ0) is 12.7. The lowest BCUT2D eigenvalue weighted by Crippen LogP contribution is -2.49. The summed E-state index contributed by atoms with van der Waals surface area (Å²) in [7, 11) is 0. The fourth-order valence-electron chi connectivity index (χ4n) is 1.20. The van der Waals surface area contributed by atoms with Crippen molar-refractivity contribution < 1.29 is 4.79 Å². The molecule has 0 saturated heterocycles. The number of thioether (sulfide) groups is 1. The van der Waals surface area contributed by atoms with Gasteiger partial charge in [0.05, 0.1) is 11.4 Å². The zero-order valence-electron chi connectivity index (χ0n) is 10.3. The fourth-order valence-corrected chi connectivity index (χ4v) is 1.94. The highest BCUT2D eigenvalue weighted by Gasteiger charge is 2.17. The van der Waals surface area contributed by atoms with E-state index >= 15 is 0 Å². The van der Waals surface area contributed by atoms with E-state index in [1.54, 1.807) is 18.0 Å². The Morgan fingerprint density at radius 1 is 1.53 bits per heavy atom. The molecule has 0 aliphatic rings. The minimum absolute atomic E-state index is 0.0152. The summed E-state index contributed by atoms with van der Waals surface area (Å²) in [5.41, 5.74) is 6.20. The van der Waals surface area contributed by atoms with Crippen molar-refractivity contribution >= 4 is 17.7 Å². The van der Waals surface area contributed by atoms with Crippen molar-refractivity contribution in [3.63, 3.8) is 0 Å². The fraction of sp³-hybridized carbons (Fsp3) is 0.500. The lowest BCUT2D eigenvalue weighted by molar-refractivity contribution is -0.120. The van der Waals surface area contributed by atoms with Crippen LogP contribution >= 0.6 is 11.8 Å². The summed E-state index contributed by atoms with van der Waals surface area (Å²) in [5, 5.41) is 2.89. The molecular formula is C12H19N3OS. The van der Waals surface area contributed by atoms with Crippen LogP contribution in [-0.2, 0) is 10.5 Å². The third-order valence-corrected chi connectivity index (χ3v) is 3.16. The average molecular weight is 253 g/mol. The molecule has 1 heterocycles. The van der Waals surface area contributed by atoms with E-state index in [1.165, 1.54) is 0 Å². The Kier molecular flexibility index (Phi) is 5.44. The highest BCUT2D eigenvalue weighted by atomic mass is 32.2. The highest BCUT2D eigenvalue weighted by Crippen LogP contribution is 2.09. The Morgan fingerprint density at radius 3 is 2.88 bits per heavy atom. The van der Waals surface area contributed by atoms with E-state index in [1.807, 2.05) is 32.0 Å². The number of hydrogen-bond acceptors (Lipinski definition) is 4. The van der Waals surface area contributed by atoms with Crippen LogP contribution in [0.15, 0.2) is 24.4 Å². The number of hydrogen-bond donors (Lipinski definition) is 2. The molecule has 3 N–H and O–H groups in total. The molecule has 1 amide bonds. The van der Waals surface area contributed by atoms with Crippen molar-refractivity contribution in [2.24, 2.45) is 5.73 Å². The Bertz CT molecular complexity index is 354. The van der Waals surface area contributed by atoms with E-state index in [9.17, 15) is 4.79 Å². The molecule has 0 fully saturated rings. The predicted octanol–water partition coefficient (Wildman–Crippen LogP) is 1.17. The zero-order valence-corrected chi connectivity index (χ0v) is 11.1. The van der Waals surface area contributed by atoms with Gasteiger partial charge in [-0.05, 0) is 26.0 Å². The molecule has 0 unspecified atom stereocenters. The molecule has 0 aromatic carbocycles. The van der Waals surface area contributed by atoms with E-state index in [-0.39, 0.29) is 11.4 Å². The molecule has 17 heavy (non-hydrogen) atoms. The van der Waals surface area contributed by atoms with Crippen LogP contribution in [0.25, 0.3) is 0 Å². The largest absolute Gasteiger partial charge is 0.349 e. The van der Waals surface area contributed by atoms with E-state index in [0.717, 1.165) is 11.4 Å². The van der Waals surface area contributed by atoms with Gasteiger partial charge in [0.25, 0.3) is 0 Å². The molecule has 0 atom stereocenters. The maximum atomic E-state index is 11.6. The Balaban J connectivity index is 2.25. The predicted molar refractivity (Wildman–Crippen MR) is 71.7 cm³/mol. The molecule has 1 rings (SSSR count). The van der Waals surface area contributed by atoms with E-state index < -0.39 is 0 Å². The van der Waals surface area contributed by atoms with Gasteiger partial charge in [-0.3, -0.25) is 9.78 Å². The molecule has 94 valence electrons. The number of nitrogens with two attached hydrogens (primary N) is 1. The third-order valence-electron chi connectivity index (χ3n) is 2.20. The van der Waals surface area contributed by atoms with Crippen LogP contribution in [0.1, 0.15) is 19.5 Å². The summed E-state index contributed by atoms with van der Waals surface area (Å²) in [6.45, 7) is 4.26. The summed E-state index contributed by atoms with van der Waals surface area (Å²) < 4.78 is 0. The quantitative estimate of drug-likeness (QED) is 0.798. The molecule has 0 bridgehead atoms. The summed E-state index contributed by atoms with van der Waals surface area (Å²) in [4.78, 5) is 15.8. The Labute approximate surface area is 106 Å². The van der Waals surface area contributed by atoms with Gasteiger partial charge in [0, 0.05) is 24.0 Å². The summed E-state index contributed by atoms with van der Waals surface area (Å²) in [6, 6.07) is 5.78. The molecule has 0 radical (unpaired) electrons. The number of nitrogens with one attached hydrogen (secondary N) is 1. The number of carbonyl (C=O) groups is 1. The van der Waals surface area contributed by atoms with E-state index in [4.69, 9.17) is 5.73 Å². The van der Waals surface area contributed by atoms with Crippen LogP contribution in [0.2, 0.25) is 0 Å². The second-order valence-electron chi connectivity index (χ2n) is 4.45. The second kappa shape index (κ2) is 6.61. The minimum atomic E-state index is -0.331. The van der Waals surface area contributed by atoms with Gasteiger partial charge in [0.15, 0.2) is 0 Å². The average Bonchev–Trinajstić information content (AvgIpc) is 2.30. The van der Waals surface area contributed by atoms with Crippen LogP contribution in [0, 0.1) is 0 Å². The van der Waals surface area contributed by atoms with E-state index in [2.05, 4.69) is 10.3 Å². The first-order valence-electron chi connectivity index (χ1n) is 5.52. The van der Waals surface area contributed by atoms with Crippen LogP contribution in [-0.4, -0.2) is 28.7 Å². The molecule has 0 spiro atoms. The molecule has 5 heteroatoms. The maximum absolute atomic E-state index is 11.6. The summed E-state index contributed by atoms with van der Waals surface area (Å²) in [5.74, 6) is 1.19. The van der Waals surface area contributed by atoms with Crippen LogP contribution in [0.3, 0.4) is 0 Å². The van der Waals surface area contributed by atoms with Gasteiger partial charge in [-0.1, -0.05) is 6.07 Å². The number of rotatable bonds is 6. The van der Waals surface area contributed by atoms with E-state index in [0.29, 0.717) is 12.3 Å². The number of carbonyl (C=O) groups excluding carboxylic acids is 1. The van der Waals surface area contributed by atoms with Gasteiger partial charge in [-0.25, -0.2) is 0 Å². The van der Waals surface area contributed by atoms with Gasteiger partial charge in [-0.15, -0.1) is 11.8 Å². The third kappa shape index (κ3) is 5.70. The molecule has 0 saturated carbocycles. The molecule has 1 aromatic rings. The standard InChI is InChI=1S/C12H19N3OS/c1-12(2,9-13)15-11(16)8-17-7-10-5-3-4-6-14-10/h3-6H,7-9,13H2,1-2H3,(H,15,16). The van der Waals surface area contributed by atoms with Gasteiger partial charge < -0.3 is 11.1 Å². The number of aromatic nitrogens is 1. The second-order valence-corrected chi connectivity index (χ2v) is 5.44. The van der Waals surface area contributed by atoms with Crippen LogP contribution < -0.4 is 11.1 Å². The number of nitrogens with zero attached hydrogens (tertiary/aromatic N) is 1. The smallest absolute Gasteiger partial charge is 0.230 e. The monoisotopic (exact) mass is 253 g/mol. The van der Waals surface area contributed by atoms with Crippen molar-refractivity contribution in [2.45, 2.75) is 25.1 Å². The van der Waals surface area contributed by atoms with Gasteiger partial charge in [0.2, 0.25) is 5.91 Å². The SMILES string of the molecule is CC(C)(CN)NC(=O)CSCc1ccccn1. The maximum Gasteiger partial charge on any atom is 0.230 e. The van der Waals surface area contributed by atoms with Gasteiger partial charge in [0.1, 0.15) is 0 Å². The first-order chi connectivity index (χ1) is 8.03. The van der Waals surface area contributed by atoms with Gasteiger partial charge >= 0.3 is 0 Å². The van der Waals surface area contributed by atoms with Gasteiger partial charge in [-0.2, -0.15) is 0 Å². The van der Waals surface area contributed by atoms with Crippen LogP contribution in [0.4, 0.5) is 0 Å². The topological polar surface area (TPSA) is 68.0 Å². The highest BCUT2D eigenvalue weighted by molar-refractivity contribution is 7.99. The summed E-state index contributed by atoms with van der Waals surface area (Å²) in [6.07, 6.45) is 1.76. The molecular weight excluding hydrogens is 234 g/mol. The lowest BCUT2D eigenvalue weighted by atomic mass is 10.1.